The van der Waals surface area contributed by atoms with Crippen LogP contribution >= 0.6 is 134 Å². The van der Waals surface area contributed by atoms with Crippen LogP contribution in [-0.2, 0) is 24.0 Å². The molecule has 29 heteroatoms. The van der Waals surface area contributed by atoms with Crippen LogP contribution in [0.4, 0.5) is 9.59 Å². The molecule has 0 aliphatic heterocycles. The molecular weight excluding hydrogens is 1090 g/mol. The lowest BCUT2D eigenvalue weighted by atomic mass is 10.2. The topological polar surface area (TPSA) is 234 Å². The number of amides is 2. The lowest BCUT2D eigenvalue weighted by molar-refractivity contribution is -0.756. The Morgan fingerprint density at radius 2 is 0.727 bits per heavy atom. The molecule has 55 heavy (non-hydrogen) atoms. The van der Waals surface area contributed by atoms with Gasteiger partial charge in [-0.05, 0) is 41.5 Å². The van der Waals surface area contributed by atoms with Crippen LogP contribution in [0.3, 0.4) is 0 Å². The second-order valence-corrected chi connectivity index (χ2v) is 23.9. The van der Waals surface area contributed by atoms with Gasteiger partial charge in [0.05, 0.1) is 0 Å². The SMILES string of the molecule is BrCCSSCCBr.CC(C)(C)OC(=O)NCCSSCCBr.CC(C)(C)OC(=O)NCCSSCCO[N+](=O)[O-].O=[N+]([O-])OCCSSCCO[N+](=O)[O-]. The smallest absolute Gasteiger partial charge is 0.407 e. The Morgan fingerprint density at radius 1 is 0.491 bits per heavy atom. The zero-order chi connectivity index (χ0) is 42.8. The van der Waals surface area contributed by atoms with Crippen LogP contribution in [0.1, 0.15) is 41.5 Å². The summed E-state index contributed by atoms with van der Waals surface area (Å²) in [6.07, 6.45) is -0.779. The van der Waals surface area contributed by atoms with E-state index in [0.29, 0.717) is 36.1 Å². The van der Waals surface area contributed by atoms with Gasteiger partial charge in [0, 0.05) is 75.1 Å². The molecule has 0 spiro atoms. The minimum Gasteiger partial charge on any atom is -0.444 e. The van der Waals surface area contributed by atoms with Crippen LogP contribution in [0.5, 0.6) is 0 Å². The molecule has 328 valence electrons. The summed E-state index contributed by atoms with van der Waals surface area (Å²) in [6, 6.07) is 0. The van der Waals surface area contributed by atoms with Gasteiger partial charge in [-0.25, -0.2) is 9.59 Å². The summed E-state index contributed by atoms with van der Waals surface area (Å²) in [5.74, 6) is 6.51. The lowest BCUT2D eigenvalue weighted by Crippen LogP contribution is -2.33. The summed E-state index contributed by atoms with van der Waals surface area (Å²) in [5, 5.41) is 35.2. The van der Waals surface area contributed by atoms with E-state index in [9.17, 15) is 39.9 Å². The maximum atomic E-state index is 11.2. The zero-order valence-electron chi connectivity index (χ0n) is 31.4. The van der Waals surface area contributed by atoms with Gasteiger partial charge in [-0.15, -0.1) is 30.3 Å². The van der Waals surface area contributed by atoms with Crippen molar-refractivity contribution < 1.29 is 48.8 Å². The molecule has 0 fully saturated rings. The van der Waals surface area contributed by atoms with Crippen LogP contribution < -0.4 is 10.6 Å². The number of alkyl carbamates (subject to hydrolysis) is 2. The van der Waals surface area contributed by atoms with Crippen molar-refractivity contribution in [1.82, 2.24) is 10.6 Å². The molecule has 0 saturated carbocycles. The monoisotopic (exact) mass is 1130 g/mol. The van der Waals surface area contributed by atoms with Crippen LogP contribution in [0.2, 0.25) is 0 Å². The molecule has 0 aliphatic carbocycles. The molecule has 2 amide bonds. The second kappa shape index (κ2) is 45.5. The second-order valence-electron chi connectivity index (χ2n) is 10.7. The first-order chi connectivity index (χ1) is 25.8. The summed E-state index contributed by atoms with van der Waals surface area (Å²) in [7, 11) is 13.0. The van der Waals surface area contributed by atoms with E-state index in [-0.39, 0.29) is 25.9 Å². The normalized spacial score (nSPS) is 10.4. The number of hydrogen-bond donors (Lipinski definition) is 2. The van der Waals surface area contributed by atoms with Crippen LogP contribution in [0.15, 0.2) is 0 Å². The Hall–Kier alpha value is 0.380. The fraction of sp³-hybridized carbons (Fsp3) is 0.923. The molecule has 18 nitrogen and oxygen atoms in total. The fourth-order valence-corrected chi connectivity index (χ4v) is 12.0. The van der Waals surface area contributed by atoms with Crippen molar-refractivity contribution >= 4 is 146 Å². The summed E-state index contributed by atoms with van der Waals surface area (Å²) in [4.78, 5) is 63.8. The van der Waals surface area contributed by atoms with Crippen molar-refractivity contribution in [2.75, 3.05) is 94.9 Å². The van der Waals surface area contributed by atoms with Gasteiger partial charge in [-0.2, -0.15) is 0 Å². The van der Waals surface area contributed by atoms with E-state index in [1.165, 1.54) is 54.7 Å². The zero-order valence-corrected chi connectivity index (χ0v) is 42.7. The maximum absolute atomic E-state index is 11.2. The first-order valence-electron chi connectivity index (χ1n) is 15.7. The van der Waals surface area contributed by atoms with Gasteiger partial charge in [0.2, 0.25) is 0 Å². The minimum absolute atomic E-state index is 0.0146. The first kappa shape index (κ1) is 62.0. The third-order valence-electron chi connectivity index (χ3n) is 3.61. The van der Waals surface area contributed by atoms with E-state index >= 15 is 0 Å². The lowest BCUT2D eigenvalue weighted by Gasteiger charge is -2.19. The number of nitrogens with one attached hydrogen (secondary N) is 2. The van der Waals surface area contributed by atoms with Gasteiger partial charge in [0.25, 0.3) is 15.3 Å². The first-order valence-corrected chi connectivity index (χ1v) is 29.0. The van der Waals surface area contributed by atoms with Gasteiger partial charge in [-0.1, -0.05) is 134 Å². The van der Waals surface area contributed by atoms with E-state index in [1.54, 1.807) is 42.4 Å². The highest BCUT2D eigenvalue weighted by atomic mass is 79.9. The number of carbonyl (C=O) groups is 2. The summed E-state index contributed by atoms with van der Waals surface area (Å²) >= 11 is 10.1. The molecule has 0 aromatic rings. The molecule has 0 atom stereocenters. The number of alkyl halides is 3. The Bertz CT molecular complexity index is 946. The van der Waals surface area contributed by atoms with Gasteiger partial charge < -0.3 is 34.6 Å². The largest absolute Gasteiger partial charge is 0.444 e. The number of rotatable bonds is 28. The van der Waals surface area contributed by atoms with Gasteiger partial charge in [0.15, 0.2) is 0 Å². The van der Waals surface area contributed by atoms with E-state index in [2.05, 4.69) is 72.9 Å². The highest BCUT2D eigenvalue weighted by Gasteiger charge is 2.16. The molecule has 0 unspecified atom stereocenters. The van der Waals surface area contributed by atoms with Crippen molar-refractivity contribution in [3.63, 3.8) is 0 Å². The van der Waals surface area contributed by atoms with Gasteiger partial charge in [-0.3, -0.25) is 0 Å². The van der Waals surface area contributed by atoms with E-state index in [1.807, 2.05) is 42.4 Å². The molecule has 0 heterocycles. The molecule has 0 bridgehead atoms. The molecule has 0 aromatic carbocycles. The van der Waals surface area contributed by atoms with Crippen molar-refractivity contribution in [2.24, 2.45) is 0 Å². The average Bonchev–Trinajstić information content (AvgIpc) is 3.06. The summed E-state index contributed by atoms with van der Waals surface area (Å²) in [5.41, 5.74) is -0.909. The van der Waals surface area contributed by atoms with E-state index in [4.69, 9.17) is 9.47 Å². The van der Waals surface area contributed by atoms with Gasteiger partial charge in [0.1, 0.15) is 31.0 Å². The van der Waals surface area contributed by atoms with Gasteiger partial charge >= 0.3 is 12.2 Å². The molecule has 0 aromatic heterocycles. The van der Waals surface area contributed by atoms with Crippen LogP contribution in [0.25, 0.3) is 0 Å². The molecular formula is C26H52Br3N5O13S8. The highest BCUT2D eigenvalue weighted by molar-refractivity contribution is 9.09. The van der Waals surface area contributed by atoms with Crippen LogP contribution in [-0.4, -0.2) is 134 Å². The number of halogens is 3. The predicted molar refractivity (Wildman–Crippen MR) is 248 cm³/mol. The molecule has 2 N–H and O–H groups in total. The highest BCUT2D eigenvalue weighted by Crippen LogP contribution is 2.22. The Morgan fingerprint density at radius 3 is 0.945 bits per heavy atom. The molecule has 0 radical (unpaired) electrons. The van der Waals surface area contributed by atoms with Crippen molar-refractivity contribution in [3.05, 3.63) is 30.3 Å². The summed E-state index contributed by atoms with van der Waals surface area (Å²) < 4.78 is 10.1. The third kappa shape index (κ3) is 72.5. The van der Waals surface area contributed by atoms with Crippen molar-refractivity contribution in [1.29, 1.82) is 0 Å². The van der Waals surface area contributed by atoms with Crippen LogP contribution in [0, 0.1) is 30.3 Å². The number of carbonyl (C=O) groups excluding carboxylic acids is 2. The Labute approximate surface area is 380 Å². The molecule has 0 saturated heterocycles. The predicted octanol–water partition coefficient (Wildman–Crippen LogP) is 9.33. The molecule has 0 aliphatic rings. The standard InChI is InChI=1S/C9H18BrNO2S2.C9H18N2O5S2.C4H8Br2S2.C4H8N2O6S2/c1-9(2,3)13-8(12)11-5-7-15-14-6-4-10;1-9(2,3)16-8(12)10-4-6-17-18-7-5-15-11(13)14;5-1-3-7-8-4-2-6;7-5(8)11-1-3-13-14-4-2-12-6(9)10/h4-7H2,1-3H3,(H,11,12);4-7H2,1-3H3,(H,10,12);1-4H2;1-4H2. The maximum Gasteiger partial charge on any atom is 0.407 e. The van der Waals surface area contributed by atoms with Crippen molar-refractivity contribution in [3.8, 4) is 0 Å². The molecule has 0 rings (SSSR count). The van der Waals surface area contributed by atoms with Crippen molar-refractivity contribution in [2.45, 2.75) is 52.7 Å². The minimum atomic E-state index is -0.860. The van der Waals surface area contributed by atoms with E-state index in [0.717, 1.165) is 27.5 Å². The Balaban J connectivity index is -0.000000325. The van der Waals surface area contributed by atoms with E-state index < -0.39 is 32.6 Å². The fourth-order valence-electron chi connectivity index (χ4n) is 2.02. The number of hydrogen-bond acceptors (Lipinski definition) is 21. The number of ether oxygens (including phenoxy) is 2. The average molecular weight is 1140 g/mol. The number of nitrogens with zero attached hydrogens (tertiary/aromatic N) is 3. The quantitative estimate of drug-likeness (QED) is 0.0244. The summed E-state index contributed by atoms with van der Waals surface area (Å²) in [6.45, 7) is 12.2. The third-order valence-corrected chi connectivity index (χ3v) is 15.9. The Kier molecular flexibility index (Phi) is 51.3.